The van der Waals surface area contributed by atoms with E-state index in [2.05, 4.69) is 9.97 Å². The van der Waals surface area contributed by atoms with Crippen LogP contribution in [0.5, 0.6) is 0 Å². The summed E-state index contributed by atoms with van der Waals surface area (Å²) in [5.74, 6) is -1.04. The Balaban J connectivity index is 2.69. The van der Waals surface area contributed by atoms with Crippen LogP contribution in [0, 0.1) is 13.8 Å². The Morgan fingerprint density at radius 3 is 2.65 bits per heavy atom. The Hall–Kier alpha value is -2.23. The zero-order chi connectivity index (χ0) is 12.4. The van der Waals surface area contributed by atoms with Crippen molar-refractivity contribution in [2.24, 2.45) is 0 Å². The molecule has 0 radical (unpaired) electrons. The van der Waals surface area contributed by atoms with Gasteiger partial charge in [0, 0.05) is 18.0 Å². The highest BCUT2D eigenvalue weighted by molar-refractivity contribution is 5.93. The van der Waals surface area contributed by atoms with Gasteiger partial charge in [0.15, 0.2) is 5.69 Å². The van der Waals surface area contributed by atoms with E-state index in [0.29, 0.717) is 11.3 Å². The average Bonchev–Trinajstić information content (AvgIpc) is 2.33. The SMILES string of the molecule is Cc1ccnc(-c2cccnc2C(=O)O)c1C. The van der Waals surface area contributed by atoms with Crippen molar-refractivity contribution in [1.82, 2.24) is 9.97 Å². The van der Waals surface area contributed by atoms with Gasteiger partial charge in [0.25, 0.3) is 0 Å². The predicted molar refractivity (Wildman–Crippen MR) is 63.9 cm³/mol. The van der Waals surface area contributed by atoms with Gasteiger partial charge < -0.3 is 5.11 Å². The van der Waals surface area contributed by atoms with Crippen molar-refractivity contribution in [3.05, 3.63) is 47.4 Å². The minimum absolute atomic E-state index is 0.0358. The first-order valence-electron chi connectivity index (χ1n) is 5.22. The third-order valence-corrected chi connectivity index (χ3v) is 2.74. The van der Waals surface area contributed by atoms with Gasteiger partial charge in [0.1, 0.15) is 0 Å². The molecule has 0 aliphatic carbocycles. The summed E-state index contributed by atoms with van der Waals surface area (Å²) < 4.78 is 0. The van der Waals surface area contributed by atoms with Crippen molar-refractivity contribution in [3.63, 3.8) is 0 Å². The predicted octanol–water partition coefficient (Wildman–Crippen LogP) is 2.46. The Bertz CT molecular complexity index is 579. The lowest BCUT2D eigenvalue weighted by molar-refractivity contribution is 0.0691. The molecular formula is C13H12N2O2. The minimum Gasteiger partial charge on any atom is -0.476 e. The van der Waals surface area contributed by atoms with Gasteiger partial charge in [-0.25, -0.2) is 9.78 Å². The fourth-order valence-electron chi connectivity index (χ4n) is 1.67. The van der Waals surface area contributed by atoms with Crippen molar-refractivity contribution in [1.29, 1.82) is 0 Å². The molecule has 0 aromatic carbocycles. The Morgan fingerprint density at radius 1 is 1.18 bits per heavy atom. The molecule has 2 aromatic heterocycles. The van der Waals surface area contributed by atoms with E-state index in [0.717, 1.165) is 11.1 Å². The molecule has 0 saturated carbocycles. The van der Waals surface area contributed by atoms with Gasteiger partial charge in [-0.1, -0.05) is 0 Å². The maximum Gasteiger partial charge on any atom is 0.355 e. The van der Waals surface area contributed by atoms with Crippen molar-refractivity contribution in [2.45, 2.75) is 13.8 Å². The molecule has 86 valence electrons. The second-order valence-electron chi connectivity index (χ2n) is 3.81. The summed E-state index contributed by atoms with van der Waals surface area (Å²) in [5.41, 5.74) is 3.32. The highest BCUT2D eigenvalue weighted by atomic mass is 16.4. The number of carbonyl (C=O) groups is 1. The number of hydrogen-bond donors (Lipinski definition) is 1. The smallest absolute Gasteiger partial charge is 0.355 e. The molecule has 0 unspecified atom stereocenters. The van der Waals surface area contributed by atoms with Crippen molar-refractivity contribution in [3.8, 4) is 11.3 Å². The monoisotopic (exact) mass is 228 g/mol. The highest BCUT2D eigenvalue weighted by Gasteiger charge is 2.15. The van der Waals surface area contributed by atoms with Crippen LogP contribution in [0.15, 0.2) is 30.6 Å². The number of carboxylic acids is 1. The normalized spacial score (nSPS) is 10.2. The highest BCUT2D eigenvalue weighted by Crippen LogP contribution is 2.25. The first kappa shape index (κ1) is 11.3. The van der Waals surface area contributed by atoms with Crippen molar-refractivity contribution >= 4 is 5.97 Å². The molecule has 0 aliphatic rings. The number of pyridine rings is 2. The van der Waals surface area contributed by atoms with Crippen LogP contribution in [0.3, 0.4) is 0 Å². The van der Waals surface area contributed by atoms with E-state index in [1.807, 2.05) is 19.9 Å². The fraction of sp³-hybridized carbons (Fsp3) is 0.154. The molecule has 0 bridgehead atoms. The van der Waals surface area contributed by atoms with Crippen LogP contribution in [-0.4, -0.2) is 21.0 Å². The van der Waals surface area contributed by atoms with E-state index < -0.39 is 5.97 Å². The van der Waals surface area contributed by atoms with Gasteiger partial charge in [0.2, 0.25) is 0 Å². The summed E-state index contributed by atoms with van der Waals surface area (Å²) in [5, 5.41) is 9.10. The molecular weight excluding hydrogens is 216 g/mol. The average molecular weight is 228 g/mol. The number of aryl methyl sites for hydroxylation is 1. The van der Waals surface area contributed by atoms with Crippen molar-refractivity contribution < 1.29 is 9.90 Å². The molecule has 0 amide bonds. The zero-order valence-electron chi connectivity index (χ0n) is 9.64. The van der Waals surface area contributed by atoms with Crippen LogP contribution >= 0.6 is 0 Å². The third kappa shape index (κ3) is 2.01. The third-order valence-electron chi connectivity index (χ3n) is 2.74. The zero-order valence-corrected chi connectivity index (χ0v) is 9.64. The first-order chi connectivity index (χ1) is 8.11. The summed E-state index contributed by atoms with van der Waals surface area (Å²) in [4.78, 5) is 19.2. The molecule has 0 atom stereocenters. The topological polar surface area (TPSA) is 63.1 Å². The number of nitrogens with zero attached hydrogens (tertiary/aromatic N) is 2. The fourth-order valence-corrected chi connectivity index (χ4v) is 1.67. The van der Waals surface area contributed by atoms with Crippen LogP contribution in [-0.2, 0) is 0 Å². The van der Waals surface area contributed by atoms with Crippen molar-refractivity contribution in [2.75, 3.05) is 0 Å². The van der Waals surface area contributed by atoms with E-state index in [1.54, 1.807) is 18.3 Å². The summed E-state index contributed by atoms with van der Waals surface area (Å²) >= 11 is 0. The lowest BCUT2D eigenvalue weighted by atomic mass is 10.0. The Morgan fingerprint density at radius 2 is 1.94 bits per heavy atom. The molecule has 2 aromatic rings. The molecule has 4 nitrogen and oxygen atoms in total. The number of aromatic carboxylic acids is 1. The molecule has 0 spiro atoms. The van der Waals surface area contributed by atoms with Gasteiger partial charge in [-0.2, -0.15) is 0 Å². The van der Waals surface area contributed by atoms with E-state index in [4.69, 9.17) is 5.11 Å². The summed E-state index contributed by atoms with van der Waals surface area (Å²) in [6.45, 7) is 3.90. The first-order valence-corrected chi connectivity index (χ1v) is 5.22. The lowest BCUT2D eigenvalue weighted by Gasteiger charge is -2.09. The maximum atomic E-state index is 11.1. The Labute approximate surface area is 99.0 Å². The van der Waals surface area contributed by atoms with Crippen LogP contribution in [0.2, 0.25) is 0 Å². The van der Waals surface area contributed by atoms with Gasteiger partial charge in [-0.05, 0) is 43.2 Å². The second-order valence-corrected chi connectivity index (χ2v) is 3.81. The summed E-state index contributed by atoms with van der Waals surface area (Å²) in [7, 11) is 0. The van der Waals surface area contributed by atoms with Crippen LogP contribution in [0.25, 0.3) is 11.3 Å². The van der Waals surface area contributed by atoms with E-state index in [1.165, 1.54) is 6.20 Å². The van der Waals surface area contributed by atoms with Crippen LogP contribution in [0.4, 0.5) is 0 Å². The minimum atomic E-state index is -1.04. The molecule has 17 heavy (non-hydrogen) atoms. The van der Waals surface area contributed by atoms with Crippen LogP contribution in [0.1, 0.15) is 21.6 Å². The number of rotatable bonds is 2. The molecule has 0 aliphatic heterocycles. The second kappa shape index (κ2) is 4.33. The van der Waals surface area contributed by atoms with E-state index in [-0.39, 0.29) is 5.69 Å². The molecule has 0 saturated heterocycles. The number of hydrogen-bond acceptors (Lipinski definition) is 3. The molecule has 0 fully saturated rings. The Kier molecular flexibility index (Phi) is 2.87. The molecule has 1 N–H and O–H groups in total. The van der Waals surface area contributed by atoms with Crippen LogP contribution < -0.4 is 0 Å². The largest absolute Gasteiger partial charge is 0.476 e. The number of carboxylic acid groups (broad SMARTS) is 1. The standard InChI is InChI=1S/C13H12N2O2/c1-8-5-7-15-11(9(8)2)10-4-3-6-14-12(10)13(16)17/h3-7H,1-2H3,(H,16,17). The molecule has 4 heteroatoms. The van der Waals surface area contributed by atoms with E-state index >= 15 is 0 Å². The molecule has 2 rings (SSSR count). The van der Waals surface area contributed by atoms with Gasteiger partial charge in [-0.15, -0.1) is 0 Å². The van der Waals surface area contributed by atoms with Gasteiger partial charge in [-0.3, -0.25) is 4.98 Å². The lowest BCUT2D eigenvalue weighted by Crippen LogP contribution is -2.04. The molecule has 2 heterocycles. The maximum absolute atomic E-state index is 11.1. The quantitative estimate of drug-likeness (QED) is 0.857. The summed E-state index contributed by atoms with van der Waals surface area (Å²) in [6.07, 6.45) is 3.15. The van der Waals surface area contributed by atoms with Gasteiger partial charge >= 0.3 is 5.97 Å². The van der Waals surface area contributed by atoms with Gasteiger partial charge in [0.05, 0.1) is 5.69 Å². The number of aromatic nitrogens is 2. The van der Waals surface area contributed by atoms with E-state index in [9.17, 15) is 4.79 Å². The summed E-state index contributed by atoms with van der Waals surface area (Å²) in [6, 6.07) is 5.34.